The van der Waals surface area contributed by atoms with Crippen LogP contribution in [-0.2, 0) is 14.6 Å². The van der Waals surface area contributed by atoms with E-state index in [2.05, 4.69) is 0 Å². The van der Waals surface area contributed by atoms with E-state index in [-0.39, 0.29) is 19.6 Å². The molecule has 0 saturated heterocycles. The lowest BCUT2D eigenvalue weighted by molar-refractivity contribution is -0.0429. The third kappa shape index (κ3) is 2.02. The van der Waals surface area contributed by atoms with Crippen LogP contribution < -0.4 is 0 Å². The third-order valence-corrected chi connectivity index (χ3v) is 3.24. The molecule has 0 bridgehead atoms. The molecule has 1 aliphatic heterocycles. The minimum atomic E-state index is -5.20. The molecule has 7 heteroatoms. The van der Waals surface area contributed by atoms with E-state index >= 15 is 0 Å². The van der Waals surface area contributed by atoms with Gasteiger partial charge in [-0.1, -0.05) is 0 Å². The number of rotatable bonds is 1. The van der Waals surface area contributed by atoms with Crippen molar-refractivity contribution >= 4 is 9.84 Å². The summed E-state index contributed by atoms with van der Waals surface area (Å²) in [7, 11) is -5.12. The second-order valence-electron chi connectivity index (χ2n) is 2.44. The van der Waals surface area contributed by atoms with E-state index in [1.165, 1.54) is 0 Å². The molecule has 0 radical (unpaired) electrons. The number of ether oxygens (including phenoxy) is 1. The molecule has 76 valence electrons. The number of hydrogen-bond acceptors (Lipinski definition) is 3. The Morgan fingerprint density at radius 1 is 1.38 bits per heavy atom. The monoisotopic (exact) mass is 216 g/mol. The molecule has 0 aromatic heterocycles. The van der Waals surface area contributed by atoms with Gasteiger partial charge in [-0.05, 0) is 6.08 Å². The van der Waals surface area contributed by atoms with Crippen molar-refractivity contribution in [3.63, 3.8) is 0 Å². The summed E-state index contributed by atoms with van der Waals surface area (Å²) in [6, 6.07) is 0. The fourth-order valence-electron chi connectivity index (χ4n) is 0.903. The molecule has 0 fully saturated rings. The molecule has 0 atom stereocenters. The van der Waals surface area contributed by atoms with Gasteiger partial charge in [0.1, 0.15) is 0 Å². The van der Waals surface area contributed by atoms with Gasteiger partial charge in [0.25, 0.3) is 9.84 Å². The predicted molar refractivity (Wildman–Crippen MR) is 38.5 cm³/mol. The normalized spacial score (nSPS) is 19.8. The Kier molecular flexibility index (Phi) is 2.67. The summed E-state index contributed by atoms with van der Waals surface area (Å²) in [5.41, 5.74) is -5.20. The van der Waals surface area contributed by atoms with Gasteiger partial charge < -0.3 is 4.74 Å². The van der Waals surface area contributed by atoms with Crippen LogP contribution >= 0.6 is 0 Å². The van der Waals surface area contributed by atoms with Gasteiger partial charge >= 0.3 is 5.51 Å². The standard InChI is InChI=1S/C6H7F3O3S/c7-6(8,9)13(10,11)5-1-3-12-4-2-5/h1H,2-4H2. The van der Waals surface area contributed by atoms with Crippen molar-refractivity contribution in [3.05, 3.63) is 11.0 Å². The van der Waals surface area contributed by atoms with Gasteiger partial charge in [-0.3, -0.25) is 0 Å². The summed E-state index contributed by atoms with van der Waals surface area (Å²) in [5, 5.41) is 0. The van der Waals surface area contributed by atoms with E-state index in [4.69, 9.17) is 4.74 Å². The second kappa shape index (κ2) is 3.30. The van der Waals surface area contributed by atoms with E-state index in [0.29, 0.717) is 0 Å². The van der Waals surface area contributed by atoms with Gasteiger partial charge in [0.2, 0.25) is 0 Å². The van der Waals surface area contributed by atoms with Crippen molar-refractivity contribution in [2.45, 2.75) is 11.9 Å². The lowest BCUT2D eigenvalue weighted by Crippen LogP contribution is -2.26. The van der Waals surface area contributed by atoms with Gasteiger partial charge in [0.15, 0.2) is 0 Å². The Balaban J connectivity index is 3.00. The van der Waals surface area contributed by atoms with E-state index in [1.54, 1.807) is 0 Å². The Labute approximate surface area is 73.1 Å². The predicted octanol–water partition coefficient (Wildman–Crippen LogP) is 1.23. The summed E-state index contributed by atoms with van der Waals surface area (Å²) in [4.78, 5) is -0.591. The maximum Gasteiger partial charge on any atom is 0.501 e. The molecule has 0 spiro atoms. The first-order valence-electron chi connectivity index (χ1n) is 3.44. The molecular weight excluding hydrogens is 209 g/mol. The third-order valence-electron chi connectivity index (χ3n) is 1.57. The molecule has 1 heterocycles. The molecule has 13 heavy (non-hydrogen) atoms. The van der Waals surface area contributed by atoms with Crippen molar-refractivity contribution in [1.29, 1.82) is 0 Å². The maximum atomic E-state index is 11.9. The van der Waals surface area contributed by atoms with Crippen LogP contribution in [0.1, 0.15) is 6.42 Å². The Morgan fingerprint density at radius 3 is 2.38 bits per heavy atom. The van der Waals surface area contributed by atoms with E-state index in [1.807, 2.05) is 0 Å². The van der Waals surface area contributed by atoms with Crippen molar-refractivity contribution in [3.8, 4) is 0 Å². The molecule has 0 aromatic rings. The second-order valence-corrected chi connectivity index (χ2v) is 4.44. The molecule has 0 amide bonds. The van der Waals surface area contributed by atoms with E-state index in [0.717, 1.165) is 6.08 Å². The SMILES string of the molecule is O=S(=O)(C1=CCOCC1)C(F)(F)F. The molecule has 1 rings (SSSR count). The fraction of sp³-hybridized carbons (Fsp3) is 0.667. The van der Waals surface area contributed by atoms with Crippen LogP contribution in [0.15, 0.2) is 11.0 Å². The maximum absolute atomic E-state index is 11.9. The average molecular weight is 216 g/mol. The van der Waals surface area contributed by atoms with Crippen LogP contribution in [0.25, 0.3) is 0 Å². The van der Waals surface area contributed by atoms with Crippen LogP contribution in [0, 0.1) is 0 Å². The quantitative estimate of drug-likeness (QED) is 0.662. The zero-order chi connectivity index (χ0) is 10.1. The molecule has 0 aliphatic carbocycles. The van der Waals surface area contributed by atoms with E-state index < -0.39 is 20.3 Å². The summed E-state index contributed by atoms with van der Waals surface area (Å²) >= 11 is 0. The Morgan fingerprint density at radius 2 is 2.00 bits per heavy atom. The molecule has 0 aromatic carbocycles. The summed E-state index contributed by atoms with van der Waals surface area (Å²) in [5.74, 6) is 0. The Hall–Kier alpha value is -0.560. The zero-order valence-electron chi connectivity index (χ0n) is 6.47. The smallest absolute Gasteiger partial charge is 0.377 e. The highest BCUT2D eigenvalue weighted by Gasteiger charge is 2.47. The molecule has 0 N–H and O–H groups in total. The number of hydrogen-bond donors (Lipinski definition) is 0. The van der Waals surface area contributed by atoms with Gasteiger partial charge in [-0.2, -0.15) is 13.2 Å². The highest BCUT2D eigenvalue weighted by molar-refractivity contribution is 7.96. The summed E-state index contributed by atoms with van der Waals surface area (Å²) in [6.07, 6.45) is 0.744. The summed E-state index contributed by atoms with van der Waals surface area (Å²) in [6.45, 7) is -0.0637. The first-order valence-corrected chi connectivity index (χ1v) is 4.92. The van der Waals surface area contributed by atoms with Gasteiger partial charge in [0, 0.05) is 6.42 Å². The van der Waals surface area contributed by atoms with Crippen LogP contribution in [0.3, 0.4) is 0 Å². The fourth-order valence-corrected chi connectivity index (χ4v) is 1.84. The molecule has 1 aliphatic rings. The number of sulfone groups is 1. The highest BCUT2D eigenvalue weighted by Crippen LogP contribution is 2.31. The van der Waals surface area contributed by atoms with Gasteiger partial charge in [-0.25, -0.2) is 8.42 Å². The van der Waals surface area contributed by atoms with Crippen molar-refractivity contribution < 1.29 is 26.3 Å². The minimum absolute atomic E-state index is 0.0150. The summed E-state index contributed by atoms with van der Waals surface area (Å²) < 4.78 is 62.1. The topological polar surface area (TPSA) is 43.4 Å². The van der Waals surface area contributed by atoms with Gasteiger partial charge in [-0.15, -0.1) is 0 Å². The highest BCUT2D eigenvalue weighted by atomic mass is 32.2. The molecule has 3 nitrogen and oxygen atoms in total. The van der Waals surface area contributed by atoms with E-state index in [9.17, 15) is 21.6 Å². The zero-order valence-corrected chi connectivity index (χ0v) is 7.28. The molecule has 0 saturated carbocycles. The van der Waals surface area contributed by atoms with Crippen LogP contribution in [0.2, 0.25) is 0 Å². The molecule has 0 unspecified atom stereocenters. The Bertz CT molecular complexity index is 315. The lowest BCUT2D eigenvalue weighted by atomic mass is 10.3. The number of halogens is 3. The minimum Gasteiger partial charge on any atom is -0.377 e. The van der Waals surface area contributed by atoms with Crippen molar-refractivity contribution in [2.24, 2.45) is 0 Å². The largest absolute Gasteiger partial charge is 0.501 e. The van der Waals surface area contributed by atoms with Gasteiger partial charge in [0.05, 0.1) is 18.1 Å². The van der Waals surface area contributed by atoms with Crippen molar-refractivity contribution in [1.82, 2.24) is 0 Å². The van der Waals surface area contributed by atoms with Crippen molar-refractivity contribution in [2.75, 3.05) is 13.2 Å². The van der Waals surface area contributed by atoms with Crippen LogP contribution in [0.5, 0.6) is 0 Å². The lowest BCUT2D eigenvalue weighted by Gasteiger charge is -2.15. The first kappa shape index (κ1) is 10.5. The number of alkyl halides is 3. The van der Waals surface area contributed by atoms with Crippen LogP contribution in [-0.4, -0.2) is 27.1 Å². The average Bonchev–Trinajstić information content (AvgIpc) is 2.04. The van der Waals surface area contributed by atoms with Crippen LogP contribution in [0.4, 0.5) is 13.2 Å². The first-order chi connectivity index (χ1) is 5.86. The molecular formula is C6H7F3O3S.